The summed E-state index contributed by atoms with van der Waals surface area (Å²) in [5, 5.41) is 0. The second-order valence-corrected chi connectivity index (χ2v) is 8.53. The first-order valence-corrected chi connectivity index (χ1v) is 9.71. The van der Waals surface area contributed by atoms with Crippen LogP contribution in [0.3, 0.4) is 0 Å². The Morgan fingerprint density at radius 1 is 1.43 bits per heavy atom. The van der Waals surface area contributed by atoms with Gasteiger partial charge in [0.15, 0.2) is 0 Å². The van der Waals surface area contributed by atoms with Crippen LogP contribution in [0, 0.1) is 5.92 Å². The van der Waals surface area contributed by atoms with Gasteiger partial charge in [0.1, 0.15) is 0 Å². The summed E-state index contributed by atoms with van der Waals surface area (Å²) in [4.78, 5) is 0. The van der Waals surface area contributed by atoms with Gasteiger partial charge < -0.3 is 0 Å². The fourth-order valence-corrected chi connectivity index (χ4v) is 4.06. The van der Waals surface area contributed by atoms with Gasteiger partial charge >= 0.3 is 0 Å². The molecule has 0 radical (unpaired) electrons. The van der Waals surface area contributed by atoms with E-state index in [9.17, 15) is 8.42 Å². The maximum Gasteiger partial charge on any atom is 0.211 e. The lowest BCUT2D eigenvalue weighted by Crippen LogP contribution is -2.41. The van der Waals surface area contributed by atoms with Gasteiger partial charge in [-0.1, -0.05) is 28.1 Å². The molecule has 0 spiro atoms. The van der Waals surface area contributed by atoms with E-state index in [4.69, 9.17) is 5.84 Å². The van der Waals surface area contributed by atoms with Crippen molar-refractivity contribution in [2.45, 2.75) is 25.3 Å². The lowest BCUT2D eigenvalue weighted by atomic mass is 9.90. The van der Waals surface area contributed by atoms with Crippen molar-refractivity contribution in [2.75, 3.05) is 19.3 Å². The van der Waals surface area contributed by atoms with Crippen LogP contribution in [0.1, 0.15) is 30.9 Å². The Bertz CT molecular complexity index is 562. The number of nitrogens with one attached hydrogen (secondary N) is 1. The van der Waals surface area contributed by atoms with E-state index >= 15 is 0 Å². The quantitative estimate of drug-likeness (QED) is 0.609. The Balaban J connectivity index is 2.03. The lowest BCUT2D eigenvalue weighted by molar-refractivity contribution is 0.238. The van der Waals surface area contributed by atoms with Crippen LogP contribution in [0.2, 0.25) is 0 Å². The predicted octanol–water partition coefficient (Wildman–Crippen LogP) is 2.02. The van der Waals surface area contributed by atoms with Crippen molar-refractivity contribution in [1.29, 1.82) is 0 Å². The molecule has 0 saturated carbocycles. The highest BCUT2D eigenvalue weighted by Gasteiger charge is 2.27. The molecule has 5 nitrogen and oxygen atoms in total. The highest BCUT2D eigenvalue weighted by atomic mass is 79.9. The number of halogens is 1. The Kier molecular flexibility index (Phi) is 5.79. The zero-order valence-electron chi connectivity index (χ0n) is 12.1. The third kappa shape index (κ3) is 4.75. The topological polar surface area (TPSA) is 75.4 Å². The minimum Gasteiger partial charge on any atom is -0.271 e. The molecule has 2 atom stereocenters. The molecule has 1 fully saturated rings. The SMILES string of the molecule is CS(=O)(=O)N1CCCC(CC(NN)c2ccc(Br)cc2)C1. The highest BCUT2D eigenvalue weighted by molar-refractivity contribution is 9.10. The third-order valence-corrected chi connectivity index (χ3v) is 5.79. The number of sulfonamides is 1. The number of hydrogen-bond acceptors (Lipinski definition) is 4. The summed E-state index contributed by atoms with van der Waals surface area (Å²) in [6.07, 6.45) is 4.07. The summed E-state index contributed by atoms with van der Waals surface area (Å²) in [6.45, 7) is 1.22. The van der Waals surface area contributed by atoms with Crippen LogP contribution in [-0.2, 0) is 10.0 Å². The van der Waals surface area contributed by atoms with Crippen LogP contribution in [0.25, 0.3) is 0 Å². The van der Waals surface area contributed by atoms with Crippen molar-refractivity contribution in [1.82, 2.24) is 9.73 Å². The maximum atomic E-state index is 11.7. The van der Waals surface area contributed by atoms with Crippen LogP contribution < -0.4 is 11.3 Å². The van der Waals surface area contributed by atoms with Crippen molar-refractivity contribution >= 4 is 26.0 Å². The molecule has 1 aromatic rings. The molecule has 3 N–H and O–H groups in total. The van der Waals surface area contributed by atoms with Crippen LogP contribution >= 0.6 is 15.9 Å². The number of hydrazine groups is 1. The van der Waals surface area contributed by atoms with Crippen molar-refractivity contribution < 1.29 is 8.42 Å². The molecule has 0 amide bonds. The van der Waals surface area contributed by atoms with Crippen LogP contribution in [0.15, 0.2) is 28.7 Å². The third-order valence-electron chi connectivity index (χ3n) is 3.99. The first-order valence-electron chi connectivity index (χ1n) is 7.07. The predicted molar refractivity (Wildman–Crippen MR) is 88.0 cm³/mol. The lowest BCUT2D eigenvalue weighted by Gasteiger charge is -2.33. The molecule has 1 aliphatic rings. The Morgan fingerprint density at radius 2 is 2.10 bits per heavy atom. The molecule has 2 unspecified atom stereocenters. The second kappa shape index (κ2) is 7.19. The smallest absolute Gasteiger partial charge is 0.211 e. The van der Waals surface area contributed by atoms with Crippen molar-refractivity contribution in [2.24, 2.45) is 11.8 Å². The highest BCUT2D eigenvalue weighted by Crippen LogP contribution is 2.28. The first-order chi connectivity index (χ1) is 9.90. The van der Waals surface area contributed by atoms with E-state index in [1.165, 1.54) is 6.26 Å². The van der Waals surface area contributed by atoms with Crippen LogP contribution in [-0.4, -0.2) is 32.1 Å². The fourth-order valence-electron chi connectivity index (χ4n) is 2.85. The van der Waals surface area contributed by atoms with E-state index in [2.05, 4.69) is 21.4 Å². The summed E-state index contributed by atoms with van der Waals surface area (Å²) in [5.41, 5.74) is 3.98. The van der Waals surface area contributed by atoms with E-state index in [0.29, 0.717) is 19.0 Å². The van der Waals surface area contributed by atoms with Crippen molar-refractivity contribution in [3.05, 3.63) is 34.3 Å². The van der Waals surface area contributed by atoms with Gasteiger partial charge in [-0.05, 0) is 42.9 Å². The molecule has 1 heterocycles. The van der Waals surface area contributed by atoms with Crippen LogP contribution in [0.4, 0.5) is 0 Å². The normalized spacial score (nSPS) is 22.1. The molecular formula is C14H22BrN3O2S. The maximum absolute atomic E-state index is 11.7. The van der Waals surface area contributed by atoms with Gasteiger partial charge in [-0.15, -0.1) is 0 Å². The summed E-state index contributed by atoms with van der Waals surface area (Å²) in [5.74, 6) is 6.02. The number of rotatable bonds is 5. The van der Waals surface area contributed by atoms with E-state index in [1.54, 1.807) is 4.31 Å². The number of hydrogen-bond donors (Lipinski definition) is 2. The van der Waals surface area contributed by atoms with E-state index in [0.717, 1.165) is 29.3 Å². The standard InChI is InChI=1S/C14H22BrN3O2S/c1-21(19,20)18-8-2-3-11(10-18)9-14(17-16)12-4-6-13(15)7-5-12/h4-7,11,14,17H,2-3,8-10,16H2,1H3. The molecule has 7 heteroatoms. The monoisotopic (exact) mass is 375 g/mol. The molecule has 21 heavy (non-hydrogen) atoms. The van der Waals surface area contributed by atoms with Crippen LogP contribution in [0.5, 0.6) is 0 Å². The van der Waals surface area contributed by atoms with Gasteiger partial charge in [0.05, 0.1) is 6.26 Å². The van der Waals surface area contributed by atoms with E-state index in [-0.39, 0.29) is 6.04 Å². The number of nitrogens with two attached hydrogens (primary N) is 1. The summed E-state index contributed by atoms with van der Waals surface area (Å²) in [7, 11) is -3.10. The zero-order chi connectivity index (χ0) is 15.5. The molecule has 1 aliphatic heterocycles. The first kappa shape index (κ1) is 16.9. The van der Waals surface area contributed by atoms with Crippen molar-refractivity contribution in [3.8, 4) is 0 Å². The van der Waals surface area contributed by atoms with Gasteiger partial charge in [-0.3, -0.25) is 11.3 Å². The van der Waals surface area contributed by atoms with Crippen molar-refractivity contribution in [3.63, 3.8) is 0 Å². The largest absolute Gasteiger partial charge is 0.271 e. The van der Waals surface area contributed by atoms with Gasteiger partial charge in [-0.2, -0.15) is 0 Å². The van der Waals surface area contributed by atoms with E-state index in [1.807, 2.05) is 24.3 Å². The molecule has 118 valence electrons. The average molecular weight is 376 g/mol. The Labute approximate surface area is 135 Å². The second-order valence-electron chi connectivity index (χ2n) is 5.64. The zero-order valence-corrected chi connectivity index (χ0v) is 14.5. The molecule has 2 rings (SSSR count). The van der Waals surface area contributed by atoms with Gasteiger partial charge in [-0.25, -0.2) is 12.7 Å². The number of benzene rings is 1. The minimum atomic E-state index is -3.10. The summed E-state index contributed by atoms with van der Waals surface area (Å²) in [6, 6.07) is 8.09. The van der Waals surface area contributed by atoms with Gasteiger partial charge in [0, 0.05) is 23.6 Å². The minimum absolute atomic E-state index is 0.0441. The number of piperidine rings is 1. The molecule has 0 aliphatic carbocycles. The molecular weight excluding hydrogens is 354 g/mol. The Hall–Kier alpha value is -0.470. The van der Waals surface area contributed by atoms with Gasteiger partial charge in [0.2, 0.25) is 10.0 Å². The van der Waals surface area contributed by atoms with E-state index < -0.39 is 10.0 Å². The molecule has 1 aromatic carbocycles. The number of nitrogens with zero attached hydrogens (tertiary/aromatic N) is 1. The summed E-state index contributed by atoms with van der Waals surface area (Å²) >= 11 is 3.42. The summed E-state index contributed by atoms with van der Waals surface area (Å²) < 4.78 is 26.0. The molecule has 1 saturated heterocycles. The van der Waals surface area contributed by atoms with Gasteiger partial charge in [0.25, 0.3) is 0 Å². The molecule has 0 bridgehead atoms. The molecule has 0 aromatic heterocycles. The Morgan fingerprint density at radius 3 is 2.67 bits per heavy atom. The average Bonchev–Trinajstić information content (AvgIpc) is 2.45. The fraction of sp³-hybridized carbons (Fsp3) is 0.571.